The smallest absolute Gasteiger partial charge is 0.226 e. The second-order valence-electron chi connectivity index (χ2n) is 6.19. The number of hydrogen-bond acceptors (Lipinski definition) is 5. The van der Waals surface area contributed by atoms with E-state index in [9.17, 15) is 0 Å². The highest BCUT2D eigenvalue weighted by Gasteiger charge is 2.31. The van der Waals surface area contributed by atoms with Crippen molar-refractivity contribution in [3.05, 3.63) is 41.7 Å². The van der Waals surface area contributed by atoms with E-state index in [0.717, 1.165) is 54.1 Å². The Hall–Kier alpha value is -2.21. The summed E-state index contributed by atoms with van der Waals surface area (Å²) in [7, 11) is 0. The lowest BCUT2D eigenvalue weighted by atomic mass is 9.80. The second-order valence-corrected chi connectivity index (χ2v) is 6.19. The maximum Gasteiger partial charge on any atom is 0.226 e. The van der Waals surface area contributed by atoms with Crippen molar-refractivity contribution < 1.29 is 9.26 Å². The number of H-pyrrole nitrogens is 1. The summed E-state index contributed by atoms with van der Waals surface area (Å²) < 4.78 is 11.0. The van der Waals surface area contributed by atoms with Gasteiger partial charge in [0.05, 0.1) is 17.8 Å². The normalized spacial score (nSPS) is 20.7. The van der Waals surface area contributed by atoms with Crippen LogP contribution in [-0.2, 0) is 17.6 Å². The fourth-order valence-electron chi connectivity index (χ4n) is 3.19. The first kappa shape index (κ1) is 14.4. The number of nitrogens with one attached hydrogen (secondary N) is 1. The summed E-state index contributed by atoms with van der Waals surface area (Å²) in [5, 5.41) is 12.2. The zero-order valence-electron chi connectivity index (χ0n) is 13.2. The van der Waals surface area contributed by atoms with E-state index in [1.54, 1.807) is 0 Å². The van der Waals surface area contributed by atoms with Crippen LogP contribution in [0.5, 0.6) is 0 Å². The van der Waals surface area contributed by atoms with Crippen LogP contribution in [0.15, 0.2) is 28.9 Å². The van der Waals surface area contributed by atoms with Crippen LogP contribution in [0.1, 0.15) is 37.0 Å². The van der Waals surface area contributed by atoms with Crippen LogP contribution >= 0.6 is 0 Å². The number of nitrogens with zero attached hydrogens (tertiary/aromatic N) is 3. The molecule has 1 fully saturated rings. The average molecular weight is 312 g/mol. The van der Waals surface area contributed by atoms with E-state index in [-0.39, 0.29) is 0 Å². The first-order valence-electron chi connectivity index (χ1n) is 8.15. The van der Waals surface area contributed by atoms with Gasteiger partial charge in [-0.05, 0) is 43.4 Å². The van der Waals surface area contributed by atoms with Crippen molar-refractivity contribution in [1.82, 2.24) is 20.3 Å². The van der Waals surface area contributed by atoms with E-state index in [1.165, 1.54) is 0 Å². The van der Waals surface area contributed by atoms with Gasteiger partial charge in [-0.2, -0.15) is 10.1 Å². The first-order valence-corrected chi connectivity index (χ1v) is 8.15. The molecule has 6 heteroatoms. The molecule has 0 bridgehead atoms. The van der Waals surface area contributed by atoms with Crippen molar-refractivity contribution in [2.24, 2.45) is 5.92 Å². The molecule has 6 nitrogen and oxygen atoms in total. The van der Waals surface area contributed by atoms with Crippen LogP contribution < -0.4 is 0 Å². The van der Waals surface area contributed by atoms with E-state index >= 15 is 0 Å². The van der Waals surface area contributed by atoms with Gasteiger partial charge in [-0.1, -0.05) is 11.2 Å². The maximum atomic E-state index is 5.58. The number of ether oxygens (including phenoxy) is 1. The lowest BCUT2D eigenvalue weighted by Gasteiger charge is -2.33. The molecule has 0 aliphatic heterocycles. The van der Waals surface area contributed by atoms with E-state index in [2.05, 4.69) is 32.5 Å². The van der Waals surface area contributed by atoms with Gasteiger partial charge in [-0.3, -0.25) is 5.10 Å². The second kappa shape index (κ2) is 6.12. The number of benzene rings is 1. The molecule has 0 unspecified atom stereocenters. The number of aromatic nitrogens is 4. The Morgan fingerprint density at radius 1 is 1.35 bits per heavy atom. The van der Waals surface area contributed by atoms with Crippen LogP contribution in [0.3, 0.4) is 0 Å². The third-order valence-electron chi connectivity index (χ3n) is 4.44. The zero-order valence-corrected chi connectivity index (χ0v) is 13.2. The maximum absolute atomic E-state index is 5.58. The van der Waals surface area contributed by atoms with Gasteiger partial charge in [0, 0.05) is 24.8 Å². The lowest BCUT2D eigenvalue weighted by molar-refractivity contribution is -0.0258. The van der Waals surface area contributed by atoms with Gasteiger partial charge in [0.15, 0.2) is 5.82 Å². The quantitative estimate of drug-likeness (QED) is 0.757. The Morgan fingerprint density at radius 3 is 3.13 bits per heavy atom. The van der Waals surface area contributed by atoms with Gasteiger partial charge in [-0.25, -0.2) is 0 Å². The minimum absolute atomic E-state index is 0.425. The molecular formula is C17H20N4O2. The summed E-state index contributed by atoms with van der Waals surface area (Å²) in [6, 6.07) is 6.20. The molecule has 120 valence electrons. The van der Waals surface area contributed by atoms with Gasteiger partial charge >= 0.3 is 0 Å². The zero-order chi connectivity index (χ0) is 15.6. The molecule has 4 rings (SSSR count). The molecule has 0 spiro atoms. The molecule has 3 aromatic rings. The molecule has 1 aliphatic rings. The highest BCUT2D eigenvalue weighted by atomic mass is 16.5. The van der Waals surface area contributed by atoms with Crippen molar-refractivity contribution >= 4 is 10.9 Å². The van der Waals surface area contributed by atoms with Crippen LogP contribution in [0.2, 0.25) is 0 Å². The van der Waals surface area contributed by atoms with Gasteiger partial charge in [0.2, 0.25) is 5.89 Å². The summed E-state index contributed by atoms with van der Waals surface area (Å²) in [5.41, 5.74) is 2.20. The Bertz CT molecular complexity index is 789. The van der Waals surface area contributed by atoms with E-state index in [0.29, 0.717) is 18.4 Å². The number of fused-ring (bicyclic) bond motifs is 1. The fraction of sp³-hybridized carbons (Fsp3) is 0.471. The van der Waals surface area contributed by atoms with Crippen molar-refractivity contribution in [3.8, 4) is 0 Å². The van der Waals surface area contributed by atoms with Crippen molar-refractivity contribution in [2.45, 2.75) is 38.7 Å². The Kier molecular flexibility index (Phi) is 3.83. The molecular weight excluding hydrogens is 292 g/mol. The number of hydrogen-bond donors (Lipinski definition) is 1. The van der Waals surface area contributed by atoms with Crippen molar-refractivity contribution in [3.63, 3.8) is 0 Å². The molecule has 1 N–H and O–H groups in total. The topological polar surface area (TPSA) is 76.8 Å². The third-order valence-corrected chi connectivity index (χ3v) is 4.44. The van der Waals surface area contributed by atoms with Crippen molar-refractivity contribution in [1.29, 1.82) is 0 Å². The standard InChI is InChI=1S/C17H20N4O2/c1-2-22-14-6-12(7-14)9-17-19-16(21-23-17)8-11-3-4-15-13(5-11)10-18-20-15/h3-5,10,12,14H,2,6-9H2,1H3,(H,18,20). The van der Waals surface area contributed by atoms with Gasteiger partial charge in [0.25, 0.3) is 0 Å². The van der Waals surface area contributed by atoms with Crippen LogP contribution in [-0.4, -0.2) is 33.0 Å². The van der Waals surface area contributed by atoms with Crippen LogP contribution in [0, 0.1) is 5.92 Å². The minimum Gasteiger partial charge on any atom is -0.378 e. The van der Waals surface area contributed by atoms with E-state index in [1.807, 2.05) is 19.2 Å². The molecule has 1 aliphatic carbocycles. The Labute approximate surface area is 134 Å². The van der Waals surface area contributed by atoms with Crippen LogP contribution in [0.25, 0.3) is 10.9 Å². The summed E-state index contributed by atoms with van der Waals surface area (Å²) in [5.74, 6) is 2.09. The highest BCUT2D eigenvalue weighted by Crippen LogP contribution is 2.32. The van der Waals surface area contributed by atoms with Gasteiger partial charge < -0.3 is 9.26 Å². The number of rotatable bonds is 6. The molecule has 1 aromatic carbocycles. The summed E-state index contributed by atoms with van der Waals surface area (Å²) in [6.07, 6.45) is 5.99. The molecule has 0 atom stereocenters. The minimum atomic E-state index is 0.425. The predicted molar refractivity (Wildman–Crippen MR) is 85.0 cm³/mol. The summed E-state index contributed by atoms with van der Waals surface area (Å²) in [6.45, 7) is 2.83. The SMILES string of the molecule is CCOC1CC(Cc2nc(Cc3ccc4[nH]ncc4c3)no2)C1. The predicted octanol–water partition coefficient (Wildman–Crippen LogP) is 2.89. The van der Waals surface area contributed by atoms with Crippen LogP contribution in [0.4, 0.5) is 0 Å². The molecule has 0 radical (unpaired) electrons. The first-order chi connectivity index (χ1) is 11.3. The number of aromatic amines is 1. The monoisotopic (exact) mass is 312 g/mol. The highest BCUT2D eigenvalue weighted by molar-refractivity contribution is 5.78. The molecule has 2 heterocycles. The molecule has 0 amide bonds. The Morgan fingerprint density at radius 2 is 2.26 bits per heavy atom. The van der Waals surface area contributed by atoms with E-state index < -0.39 is 0 Å². The third kappa shape index (κ3) is 3.12. The molecule has 0 saturated heterocycles. The average Bonchev–Trinajstić information content (AvgIpc) is 3.14. The molecule has 1 saturated carbocycles. The van der Waals surface area contributed by atoms with Gasteiger partial charge in [-0.15, -0.1) is 0 Å². The largest absolute Gasteiger partial charge is 0.378 e. The van der Waals surface area contributed by atoms with E-state index in [4.69, 9.17) is 9.26 Å². The fourth-order valence-corrected chi connectivity index (χ4v) is 3.19. The lowest BCUT2D eigenvalue weighted by Crippen LogP contribution is -2.32. The summed E-state index contributed by atoms with van der Waals surface area (Å²) in [4.78, 5) is 4.52. The molecule has 23 heavy (non-hydrogen) atoms. The summed E-state index contributed by atoms with van der Waals surface area (Å²) >= 11 is 0. The Balaban J connectivity index is 1.36. The van der Waals surface area contributed by atoms with Crippen molar-refractivity contribution in [2.75, 3.05) is 6.61 Å². The molecule has 2 aromatic heterocycles. The van der Waals surface area contributed by atoms with Gasteiger partial charge in [0.1, 0.15) is 0 Å².